The van der Waals surface area contributed by atoms with E-state index in [2.05, 4.69) is 25.8 Å². The number of nitrogens with zero attached hydrogens (tertiary/aromatic N) is 5. The molecule has 5 nitrogen and oxygen atoms in total. The quantitative estimate of drug-likeness (QED) is 0.802. The molecule has 5 heteroatoms. The molecule has 3 heterocycles. The van der Waals surface area contributed by atoms with E-state index in [1.165, 1.54) is 38.8 Å². The van der Waals surface area contributed by atoms with Crippen LogP contribution in [0.5, 0.6) is 0 Å². The molecule has 0 saturated carbocycles. The lowest BCUT2D eigenvalue weighted by atomic mass is 10.0. The van der Waals surface area contributed by atoms with E-state index in [1.807, 2.05) is 0 Å². The van der Waals surface area contributed by atoms with Crippen LogP contribution in [0, 0.1) is 11.3 Å². The Kier molecular flexibility index (Phi) is 3.60. The third kappa shape index (κ3) is 2.54. The average Bonchev–Trinajstić information content (AvgIpc) is 3.01. The second kappa shape index (κ2) is 5.54. The van der Waals surface area contributed by atoms with Crippen molar-refractivity contribution in [3.63, 3.8) is 0 Å². The molecule has 0 N–H and O–H groups in total. The molecular weight excluding hydrogens is 238 g/mol. The Morgan fingerprint density at radius 2 is 1.89 bits per heavy atom. The molecule has 1 unspecified atom stereocenters. The van der Waals surface area contributed by atoms with Gasteiger partial charge in [0, 0.05) is 31.5 Å². The molecule has 0 spiro atoms. The molecule has 0 radical (unpaired) electrons. The van der Waals surface area contributed by atoms with E-state index >= 15 is 0 Å². The first kappa shape index (κ1) is 12.4. The molecule has 2 aliphatic heterocycles. The van der Waals surface area contributed by atoms with Gasteiger partial charge >= 0.3 is 0 Å². The summed E-state index contributed by atoms with van der Waals surface area (Å²) in [7, 11) is 0. The van der Waals surface area contributed by atoms with Crippen LogP contribution in [0.3, 0.4) is 0 Å². The smallest absolute Gasteiger partial charge is 0.183 e. The van der Waals surface area contributed by atoms with Gasteiger partial charge in [-0.05, 0) is 38.8 Å². The summed E-state index contributed by atoms with van der Waals surface area (Å²) in [6.07, 6.45) is 8.34. The van der Waals surface area contributed by atoms with Crippen LogP contribution < -0.4 is 4.90 Å². The van der Waals surface area contributed by atoms with E-state index in [1.54, 1.807) is 12.4 Å². The van der Waals surface area contributed by atoms with Crippen molar-refractivity contribution in [1.82, 2.24) is 14.9 Å². The topological polar surface area (TPSA) is 56.1 Å². The highest BCUT2D eigenvalue weighted by atomic mass is 15.3. The van der Waals surface area contributed by atoms with Gasteiger partial charge in [-0.15, -0.1) is 0 Å². The molecule has 0 amide bonds. The summed E-state index contributed by atoms with van der Waals surface area (Å²) in [4.78, 5) is 13.3. The third-order valence-electron chi connectivity index (χ3n) is 4.14. The summed E-state index contributed by atoms with van der Waals surface area (Å²) >= 11 is 0. The molecule has 2 saturated heterocycles. The Bertz CT molecular complexity index is 475. The number of anilines is 1. The van der Waals surface area contributed by atoms with Gasteiger partial charge in [-0.3, -0.25) is 4.90 Å². The fourth-order valence-corrected chi connectivity index (χ4v) is 3.19. The summed E-state index contributed by atoms with van der Waals surface area (Å²) in [6, 6.07) is 2.76. The van der Waals surface area contributed by atoms with Crippen molar-refractivity contribution in [2.45, 2.75) is 31.7 Å². The summed E-state index contributed by atoms with van der Waals surface area (Å²) < 4.78 is 0. The highest BCUT2D eigenvalue weighted by Crippen LogP contribution is 2.24. The monoisotopic (exact) mass is 257 g/mol. The normalized spacial score (nSPS) is 24.4. The van der Waals surface area contributed by atoms with E-state index in [9.17, 15) is 0 Å². The van der Waals surface area contributed by atoms with Crippen molar-refractivity contribution in [2.24, 2.45) is 0 Å². The van der Waals surface area contributed by atoms with Crippen LogP contribution in [0.15, 0.2) is 12.4 Å². The Labute approximate surface area is 113 Å². The van der Waals surface area contributed by atoms with Gasteiger partial charge in [-0.2, -0.15) is 5.26 Å². The Hall–Kier alpha value is -1.67. The highest BCUT2D eigenvalue weighted by molar-refractivity contribution is 5.49. The first-order chi connectivity index (χ1) is 9.38. The van der Waals surface area contributed by atoms with E-state index in [0.717, 1.165) is 18.9 Å². The van der Waals surface area contributed by atoms with Crippen molar-refractivity contribution in [2.75, 3.05) is 31.1 Å². The van der Waals surface area contributed by atoms with Gasteiger partial charge in [-0.25, -0.2) is 9.97 Å². The van der Waals surface area contributed by atoms with Gasteiger partial charge in [0.05, 0.1) is 0 Å². The van der Waals surface area contributed by atoms with Crippen molar-refractivity contribution >= 4 is 5.82 Å². The van der Waals surface area contributed by atoms with Gasteiger partial charge in [0.2, 0.25) is 0 Å². The van der Waals surface area contributed by atoms with Crippen LogP contribution in [-0.4, -0.2) is 47.1 Å². The van der Waals surface area contributed by atoms with Crippen LogP contribution in [0.1, 0.15) is 31.4 Å². The molecule has 0 aliphatic carbocycles. The maximum Gasteiger partial charge on any atom is 0.183 e. The van der Waals surface area contributed by atoms with Gasteiger partial charge in [-0.1, -0.05) is 0 Å². The second-order valence-electron chi connectivity index (χ2n) is 5.33. The molecule has 2 aliphatic rings. The molecule has 1 aromatic rings. The second-order valence-corrected chi connectivity index (χ2v) is 5.33. The molecule has 0 bridgehead atoms. The zero-order chi connectivity index (χ0) is 13.1. The van der Waals surface area contributed by atoms with Crippen molar-refractivity contribution in [3.8, 4) is 6.07 Å². The summed E-state index contributed by atoms with van der Waals surface area (Å²) in [5.74, 6) is 0.758. The lowest BCUT2D eigenvalue weighted by Gasteiger charge is -2.38. The maximum atomic E-state index is 9.14. The molecule has 1 atom stereocenters. The lowest BCUT2D eigenvalue weighted by molar-refractivity contribution is 0.215. The number of aromatic nitrogens is 2. The molecule has 2 fully saturated rings. The third-order valence-corrected chi connectivity index (χ3v) is 4.14. The average molecular weight is 257 g/mol. The zero-order valence-corrected chi connectivity index (χ0v) is 11.1. The SMILES string of the molecule is N#Cc1nccnc1N1CCCC(N2CCCC2)C1. The molecule has 19 heavy (non-hydrogen) atoms. The first-order valence-corrected chi connectivity index (χ1v) is 7.08. The fraction of sp³-hybridized carbons (Fsp3) is 0.643. The summed E-state index contributed by atoms with van der Waals surface area (Å²) in [5.41, 5.74) is 0.449. The van der Waals surface area contributed by atoms with Gasteiger partial charge in [0.1, 0.15) is 6.07 Å². The highest BCUT2D eigenvalue weighted by Gasteiger charge is 2.28. The zero-order valence-electron chi connectivity index (χ0n) is 11.1. The number of hydrogen-bond acceptors (Lipinski definition) is 5. The van der Waals surface area contributed by atoms with Crippen molar-refractivity contribution in [1.29, 1.82) is 5.26 Å². The predicted octanol–water partition coefficient (Wildman–Crippen LogP) is 1.41. The Morgan fingerprint density at radius 1 is 1.11 bits per heavy atom. The minimum Gasteiger partial charge on any atom is -0.353 e. The first-order valence-electron chi connectivity index (χ1n) is 7.08. The maximum absolute atomic E-state index is 9.14. The van der Waals surface area contributed by atoms with Crippen LogP contribution in [0.25, 0.3) is 0 Å². The number of hydrogen-bond donors (Lipinski definition) is 0. The Balaban J connectivity index is 1.76. The molecular formula is C14H19N5. The van der Waals surface area contributed by atoms with Crippen LogP contribution >= 0.6 is 0 Å². The largest absolute Gasteiger partial charge is 0.353 e. The minimum absolute atomic E-state index is 0.449. The molecule has 0 aromatic carbocycles. The predicted molar refractivity (Wildman–Crippen MR) is 72.8 cm³/mol. The lowest BCUT2D eigenvalue weighted by Crippen LogP contribution is -2.47. The van der Waals surface area contributed by atoms with Crippen LogP contribution in [0.4, 0.5) is 5.82 Å². The molecule has 3 rings (SSSR count). The van der Waals surface area contributed by atoms with E-state index in [-0.39, 0.29) is 0 Å². The molecule has 1 aromatic heterocycles. The van der Waals surface area contributed by atoms with Crippen LogP contribution in [-0.2, 0) is 0 Å². The van der Waals surface area contributed by atoms with E-state index in [4.69, 9.17) is 5.26 Å². The minimum atomic E-state index is 0.449. The van der Waals surface area contributed by atoms with Gasteiger partial charge in [0.15, 0.2) is 11.5 Å². The van der Waals surface area contributed by atoms with Crippen molar-refractivity contribution in [3.05, 3.63) is 18.1 Å². The number of rotatable bonds is 2. The van der Waals surface area contributed by atoms with Gasteiger partial charge in [0.25, 0.3) is 0 Å². The van der Waals surface area contributed by atoms with E-state index < -0.39 is 0 Å². The number of nitriles is 1. The van der Waals surface area contributed by atoms with Gasteiger partial charge < -0.3 is 4.90 Å². The fourth-order valence-electron chi connectivity index (χ4n) is 3.19. The number of piperidine rings is 1. The summed E-state index contributed by atoms with van der Waals surface area (Å²) in [6.45, 7) is 4.42. The standard InChI is InChI=1S/C14H19N5/c15-10-13-14(17-6-5-16-13)19-9-3-4-12(11-19)18-7-1-2-8-18/h5-6,12H,1-4,7-9,11H2. The van der Waals surface area contributed by atoms with E-state index in [0.29, 0.717) is 11.7 Å². The molecule has 100 valence electrons. The number of likely N-dealkylation sites (tertiary alicyclic amines) is 1. The Morgan fingerprint density at radius 3 is 2.68 bits per heavy atom. The summed E-state index contributed by atoms with van der Waals surface area (Å²) in [5, 5.41) is 9.14. The van der Waals surface area contributed by atoms with Crippen molar-refractivity contribution < 1.29 is 0 Å². The van der Waals surface area contributed by atoms with Crippen LogP contribution in [0.2, 0.25) is 0 Å².